The Morgan fingerprint density at radius 3 is 2.64 bits per heavy atom. The van der Waals surface area contributed by atoms with Gasteiger partial charge in [-0.1, -0.05) is 0 Å². The van der Waals surface area contributed by atoms with Gasteiger partial charge in [-0.2, -0.15) is 0 Å². The van der Waals surface area contributed by atoms with Crippen molar-refractivity contribution >= 4 is 0 Å². The highest BCUT2D eigenvalue weighted by atomic mass is 16.5. The molecule has 62 valence electrons. The van der Waals surface area contributed by atoms with Gasteiger partial charge in [-0.15, -0.1) is 0 Å². The summed E-state index contributed by atoms with van der Waals surface area (Å²) in [7, 11) is 0. The van der Waals surface area contributed by atoms with E-state index in [2.05, 4.69) is 4.98 Å². The first-order chi connectivity index (χ1) is 5.36. The Bertz CT molecular complexity index is 187. The Morgan fingerprint density at radius 2 is 2.00 bits per heavy atom. The molecule has 0 aliphatic rings. The van der Waals surface area contributed by atoms with E-state index in [0.717, 1.165) is 11.6 Å². The summed E-state index contributed by atoms with van der Waals surface area (Å²) in [6, 6.07) is 1.84. The summed E-state index contributed by atoms with van der Waals surface area (Å²) in [5.41, 5.74) is 0. The van der Waals surface area contributed by atoms with E-state index in [1.807, 2.05) is 19.9 Å². The smallest absolute Gasteiger partial charge is 0.194 e. The van der Waals surface area contributed by atoms with E-state index in [0.29, 0.717) is 13.2 Å². The maximum atomic E-state index is 5.22. The van der Waals surface area contributed by atoms with E-state index >= 15 is 0 Å². The maximum absolute atomic E-state index is 5.22. The van der Waals surface area contributed by atoms with Crippen molar-refractivity contribution in [3.63, 3.8) is 0 Å². The van der Waals surface area contributed by atoms with Crippen molar-refractivity contribution in [2.75, 3.05) is 13.2 Å². The van der Waals surface area contributed by atoms with Gasteiger partial charge in [0.2, 0.25) is 0 Å². The van der Waals surface area contributed by atoms with Crippen molar-refractivity contribution in [3.8, 4) is 11.6 Å². The van der Waals surface area contributed by atoms with Crippen LogP contribution in [-0.4, -0.2) is 18.2 Å². The third-order valence-corrected chi connectivity index (χ3v) is 1.24. The molecule has 0 aromatic carbocycles. The minimum absolute atomic E-state index is 0.673. The molecular weight excluding hydrogens is 142 g/mol. The van der Waals surface area contributed by atoms with Crippen LogP contribution in [0.3, 0.4) is 0 Å². The molecular formula is C8H13NO2. The van der Waals surface area contributed by atoms with Crippen LogP contribution in [0.1, 0.15) is 13.8 Å². The van der Waals surface area contributed by atoms with Gasteiger partial charge in [0.15, 0.2) is 5.88 Å². The summed E-state index contributed by atoms with van der Waals surface area (Å²) in [6.45, 7) is 5.25. The molecule has 0 radical (unpaired) electrons. The fourth-order valence-corrected chi connectivity index (χ4v) is 0.844. The van der Waals surface area contributed by atoms with Crippen LogP contribution in [0.15, 0.2) is 12.3 Å². The number of ether oxygens (including phenoxy) is 2. The Kier molecular flexibility index (Phi) is 2.83. The average molecular weight is 155 g/mol. The lowest BCUT2D eigenvalue weighted by Gasteiger charge is -1.96. The highest BCUT2D eigenvalue weighted by molar-refractivity contribution is 5.26. The van der Waals surface area contributed by atoms with Crippen LogP contribution in [0, 0.1) is 0 Å². The van der Waals surface area contributed by atoms with Crippen LogP contribution in [0.2, 0.25) is 0 Å². The molecule has 0 saturated carbocycles. The summed E-state index contributed by atoms with van der Waals surface area (Å²) < 4.78 is 10.4. The van der Waals surface area contributed by atoms with Gasteiger partial charge >= 0.3 is 0 Å². The number of hydrogen-bond donors (Lipinski definition) is 1. The van der Waals surface area contributed by atoms with Gasteiger partial charge in [-0.05, 0) is 13.8 Å². The van der Waals surface area contributed by atoms with Crippen molar-refractivity contribution in [1.29, 1.82) is 0 Å². The molecule has 0 spiro atoms. The van der Waals surface area contributed by atoms with Crippen LogP contribution in [0.5, 0.6) is 11.6 Å². The Balaban J connectivity index is 2.51. The minimum atomic E-state index is 0.673. The highest BCUT2D eigenvalue weighted by Crippen LogP contribution is 2.17. The van der Waals surface area contributed by atoms with Crippen LogP contribution >= 0.6 is 0 Å². The molecule has 0 saturated heterocycles. The van der Waals surface area contributed by atoms with Crippen molar-refractivity contribution < 1.29 is 9.47 Å². The maximum Gasteiger partial charge on any atom is 0.194 e. The molecule has 0 bridgehead atoms. The van der Waals surface area contributed by atoms with Crippen molar-refractivity contribution in [1.82, 2.24) is 4.98 Å². The Hall–Kier alpha value is -1.12. The normalized spacial score (nSPS) is 9.64. The van der Waals surface area contributed by atoms with Crippen molar-refractivity contribution in [3.05, 3.63) is 12.3 Å². The zero-order chi connectivity index (χ0) is 8.10. The van der Waals surface area contributed by atoms with Crippen molar-refractivity contribution in [2.45, 2.75) is 13.8 Å². The average Bonchev–Trinajstić information content (AvgIpc) is 2.38. The predicted molar refractivity (Wildman–Crippen MR) is 43.1 cm³/mol. The van der Waals surface area contributed by atoms with Gasteiger partial charge in [0.05, 0.1) is 13.2 Å². The lowest BCUT2D eigenvalue weighted by atomic mass is 10.6. The predicted octanol–water partition coefficient (Wildman–Crippen LogP) is 1.81. The number of aromatic nitrogens is 1. The summed E-state index contributed by atoms with van der Waals surface area (Å²) in [5.74, 6) is 1.59. The second-order valence-electron chi connectivity index (χ2n) is 2.07. The van der Waals surface area contributed by atoms with Gasteiger partial charge in [-0.25, -0.2) is 0 Å². The molecule has 0 unspecified atom stereocenters. The van der Waals surface area contributed by atoms with Crippen LogP contribution in [0.25, 0.3) is 0 Å². The highest BCUT2D eigenvalue weighted by Gasteiger charge is 1.97. The number of hydrogen-bond acceptors (Lipinski definition) is 2. The zero-order valence-corrected chi connectivity index (χ0v) is 6.89. The first-order valence-corrected chi connectivity index (χ1v) is 3.80. The van der Waals surface area contributed by atoms with Crippen LogP contribution < -0.4 is 9.47 Å². The molecule has 0 atom stereocenters. The molecule has 11 heavy (non-hydrogen) atoms. The number of aromatic amines is 1. The molecule has 1 rings (SSSR count). The number of rotatable bonds is 4. The van der Waals surface area contributed by atoms with E-state index < -0.39 is 0 Å². The molecule has 0 amide bonds. The first kappa shape index (κ1) is 7.98. The standard InChI is InChI=1S/C8H13NO2/c1-3-10-7-5-8(9-6-7)11-4-2/h5-6,9H,3-4H2,1-2H3. The van der Waals surface area contributed by atoms with E-state index in [4.69, 9.17) is 9.47 Å². The molecule has 0 aliphatic heterocycles. The van der Waals surface area contributed by atoms with E-state index in [1.165, 1.54) is 0 Å². The van der Waals surface area contributed by atoms with E-state index in [1.54, 1.807) is 6.20 Å². The summed E-state index contributed by atoms with van der Waals surface area (Å²) in [4.78, 5) is 2.94. The van der Waals surface area contributed by atoms with Crippen LogP contribution in [0.4, 0.5) is 0 Å². The fraction of sp³-hybridized carbons (Fsp3) is 0.500. The van der Waals surface area contributed by atoms with Crippen molar-refractivity contribution in [2.24, 2.45) is 0 Å². The fourth-order valence-electron chi connectivity index (χ4n) is 0.844. The monoisotopic (exact) mass is 155 g/mol. The van der Waals surface area contributed by atoms with Gasteiger partial charge in [-0.3, -0.25) is 0 Å². The van der Waals surface area contributed by atoms with Gasteiger partial charge in [0, 0.05) is 12.3 Å². The van der Waals surface area contributed by atoms with Gasteiger partial charge in [0.1, 0.15) is 5.75 Å². The quantitative estimate of drug-likeness (QED) is 0.719. The molecule has 1 aromatic heterocycles. The topological polar surface area (TPSA) is 34.2 Å². The second kappa shape index (κ2) is 3.91. The summed E-state index contributed by atoms with van der Waals surface area (Å²) in [5, 5.41) is 0. The zero-order valence-electron chi connectivity index (χ0n) is 6.89. The number of H-pyrrole nitrogens is 1. The molecule has 1 aromatic rings. The third kappa shape index (κ3) is 2.18. The molecule has 1 N–H and O–H groups in total. The Morgan fingerprint density at radius 1 is 1.27 bits per heavy atom. The van der Waals surface area contributed by atoms with E-state index in [-0.39, 0.29) is 0 Å². The lowest BCUT2D eigenvalue weighted by molar-refractivity contribution is 0.324. The second-order valence-corrected chi connectivity index (χ2v) is 2.07. The first-order valence-electron chi connectivity index (χ1n) is 3.80. The van der Waals surface area contributed by atoms with E-state index in [9.17, 15) is 0 Å². The summed E-state index contributed by atoms with van der Waals surface area (Å²) in [6.07, 6.45) is 1.79. The lowest BCUT2D eigenvalue weighted by Crippen LogP contribution is -1.90. The summed E-state index contributed by atoms with van der Waals surface area (Å²) >= 11 is 0. The van der Waals surface area contributed by atoms with Gasteiger partial charge in [0.25, 0.3) is 0 Å². The molecule has 3 nitrogen and oxygen atoms in total. The molecule has 1 heterocycles. The SMILES string of the molecule is CCOc1c[nH]c(OCC)c1. The van der Waals surface area contributed by atoms with Crippen LogP contribution in [-0.2, 0) is 0 Å². The minimum Gasteiger partial charge on any atom is -0.492 e. The number of nitrogens with one attached hydrogen (secondary N) is 1. The van der Waals surface area contributed by atoms with Gasteiger partial charge < -0.3 is 14.5 Å². The molecule has 0 aliphatic carbocycles. The molecule has 3 heteroatoms. The largest absolute Gasteiger partial charge is 0.492 e. The third-order valence-electron chi connectivity index (χ3n) is 1.24. The Labute approximate surface area is 66.3 Å². The molecule has 0 fully saturated rings.